The molecule has 4 aliphatic rings. The zero-order valence-corrected chi connectivity index (χ0v) is 37.8. The van der Waals surface area contributed by atoms with Crippen molar-refractivity contribution in [2.45, 2.75) is 57.0 Å². The highest BCUT2D eigenvalue weighted by molar-refractivity contribution is 6.24. The quantitative estimate of drug-likeness (QED) is 0.0891. The normalized spacial score (nSPS) is 18.1. The molecular formula is C47H59N9O10. The summed E-state index contributed by atoms with van der Waals surface area (Å²) < 4.78 is 30.6. The number of anilines is 1. The van der Waals surface area contributed by atoms with Crippen molar-refractivity contribution in [3.8, 4) is 5.75 Å². The number of piperidine rings is 1. The molecule has 1 atom stereocenters. The summed E-state index contributed by atoms with van der Waals surface area (Å²) in [5.74, 6) is -1.38. The Bertz CT molecular complexity index is 2360. The van der Waals surface area contributed by atoms with Crippen LogP contribution in [0.4, 0.5) is 5.69 Å². The minimum atomic E-state index is -1.04. The number of nitrogens with zero attached hydrogens (tertiary/aromatic N) is 8. The molecule has 1 unspecified atom stereocenters. The molecule has 1 N–H and O–H groups in total. The number of fused-ring (bicyclic) bond motifs is 2. The van der Waals surface area contributed by atoms with E-state index in [0.29, 0.717) is 64.2 Å². The molecule has 6 heterocycles. The third-order valence-corrected chi connectivity index (χ3v) is 12.4. The molecule has 0 radical (unpaired) electrons. The first kappa shape index (κ1) is 46.7. The van der Waals surface area contributed by atoms with Crippen LogP contribution in [0.2, 0.25) is 0 Å². The van der Waals surface area contributed by atoms with Gasteiger partial charge in [0.05, 0.1) is 82.3 Å². The largest absolute Gasteiger partial charge is 0.490 e. The van der Waals surface area contributed by atoms with Gasteiger partial charge in [0, 0.05) is 76.6 Å². The van der Waals surface area contributed by atoms with Crippen LogP contribution in [0.25, 0.3) is 11.0 Å². The predicted molar refractivity (Wildman–Crippen MR) is 241 cm³/mol. The van der Waals surface area contributed by atoms with Gasteiger partial charge in [-0.2, -0.15) is 0 Å². The van der Waals surface area contributed by atoms with E-state index in [1.807, 2.05) is 18.5 Å². The van der Waals surface area contributed by atoms with E-state index in [-0.39, 0.29) is 54.9 Å². The summed E-state index contributed by atoms with van der Waals surface area (Å²) in [6.07, 6.45) is 8.85. The fraction of sp³-hybridized carbons (Fsp3) is 0.532. The van der Waals surface area contributed by atoms with Crippen LogP contribution in [-0.4, -0.2) is 176 Å². The first-order valence-electron chi connectivity index (χ1n) is 23.0. The standard InChI is InChI=1S/C47H59N9O10/c1-52(2)46(60)38-28-32-30-49-40(50-43(32)55(38)34-6-3-4-7-34)29-33-10-11-35(31-48-33)54-16-14-53(15-17-54)18-19-62-20-21-63-22-23-64-24-25-65-26-27-66-39-9-5-8-36-42(39)47(61)56(45(36)59)37-12-13-41(57)51-44(37)58/h5,8-11,28,30-31,34,37H,3-4,6-7,12-27,29H2,1-2H3,(H,51,57,58). The highest BCUT2D eigenvalue weighted by Crippen LogP contribution is 2.35. The van der Waals surface area contributed by atoms with Crippen LogP contribution in [0.15, 0.2) is 48.8 Å². The number of imide groups is 2. The van der Waals surface area contributed by atoms with Crippen molar-refractivity contribution >= 4 is 46.3 Å². The van der Waals surface area contributed by atoms with Crippen LogP contribution in [-0.2, 0) is 35.0 Å². The SMILES string of the molecule is CN(C)C(=O)c1cc2cnc(Cc3ccc(N4CCN(CCOCCOCCOCCOCCOc5cccc6c5C(=O)N(C5CCC(=O)NC5=O)C6=O)CC4)cn3)nc2n1C1CCCC1. The van der Waals surface area contributed by atoms with E-state index >= 15 is 0 Å². The van der Waals surface area contributed by atoms with Gasteiger partial charge in [-0.3, -0.25) is 44.1 Å². The van der Waals surface area contributed by atoms with Crippen molar-refractivity contribution in [2.24, 2.45) is 0 Å². The molecule has 3 aliphatic heterocycles. The van der Waals surface area contributed by atoms with Gasteiger partial charge in [-0.25, -0.2) is 9.97 Å². The van der Waals surface area contributed by atoms with Crippen molar-refractivity contribution in [3.63, 3.8) is 0 Å². The van der Waals surface area contributed by atoms with Crippen molar-refractivity contribution in [1.29, 1.82) is 0 Å². The molecule has 3 fully saturated rings. The molecule has 352 valence electrons. The predicted octanol–water partition coefficient (Wildman–Crippen LogP) is 2.90. The number of nitrogens with one attached hydrogen (secondary N) is 1. The Balaban J connectivity index is 0.646. The average Bonchev–Trinajstić information content (AvgIpc) is 4.05. The van der Waals surface area contributed by atoms with Crippen molar-refractivity contribution < 1.29 is 47.7 Å². The second kappa shape index (κ2) is 22.1. The first-order chi connectivity index (χ1) is 32.2. The van der Waals surface area contributed by atoms with Crippen LogP contribution in [0.5, 0.6) is 5.75 Å². The zero-order chi connectivity index (χ0) is 46.0. The van der Waals surface area contributed by atoms with Crippen LogP contribution in [0.1, 0.15) is 87.3 Å². The lowest BCUT2D eigenvalue weighted by atomic mass is 10.0. The van der Waals surface area contributed by atoms with Gasteiger partial charge in [-0.15, -0.1) is 0 Å². The van der Waals surface area contributed by atoms with Crippen LogP contribution in [0.3, 0.4) is 0 Å². The lowest BCUT2D eigenvalue weighted by Gasteiger charge is -2.35. The zero-order valence-electron chi connectivity index (χ0n) is 37.8. The van der Waals surface area contributed by atoms with E-state index in [1.54, 1.807) is 31.1 Å². The minimum Gasteiger partial charge on any atom is -0.490 e. The molecule has 4 aromatic rings. The minimum absolute atomic E-state index is 0.0139. The monoisotopic (exact) mass is 909 g/mol. The molecule has 66 heavy (non-hydrogen) atoms. The van der Waals surface area contributed by atoms with E-state index in [2.05, 4.69) is 36.8 Å². The van der Waals surface area contributed by atoms with Gasteiger partial charge in [0.25, 0.3) is 17.7 Å². The van der Waals surface area contributed by atoms with E-state index in [9.17, 15) is 24.0 Å². The maximum absolute atomic E-state index is 13.2. The van der Waals surface area contributed by atoms with Crippen molar-refractivity contribution in [2.75, 3.05) is 111 Å². The molecule has 3 aromatic heterocycles. The van der Waals surface area contributed by atoms with Crippen molar-refractivity contribution in [1.82, 2.24) is 39.5 Å². The summed E-state index contributed by atoms with van der Waals surface area (Å²) in [6, 6.07) is 10.1. The van der Waals surface area contributed by atoms with E-state index < -0.39 is 29.7 Å². The number of piperazine rings is 1. The molecule has 1 aromatic carbocycles. The molecule has 1 aliphatic carbocycles. The Kier molecular flexibility index (Phi) is 15.6. The van der Waals surface area contributed by atoms with Gasteiger partial charge < -0.3 is 38.1 Å². The number of amides is 5. The number of ether oxygens (including phenoxy) is 5. The van der Waals surface area contributed by atoms with Crippen LogP contribution >= 0.6 is 0 Å². The van der Waals surface area contributed by atoms with E-state index in [1.165, 1.54) is 6.07 Å². The smallest absolute Gasteiger partial charge is 0.270 e. The molecule has 0 spiro atoms. The van der Waals surface area contributed by atoms with Gasteiger partial charge in [0.2, 0.25) is 11.8 Å². The summed E-state index contributed by atoms with van der Waals surface area (Å²) >= 11 is 0. The number of benzene rings is 1. The summed E-state index contributed by atoms with van der Waals surface area (Å²) in [4.78, 5) is 84.9. The Morgan fingerprint density at radius 3 is 2.15 bits per heavy atom. The maximum atomic E-state index is 13.2. The van der Waals surface area contributed by atoms with Crippen molar-refractivity contribution in [3.05, 3.63) is 77.1 Å². The Labute approximate surface area is 383 Å². The fourth-order valence-corrected chi connectivity index (χ4v) is 8.92. The number of pyridine rings is 1. The summed E-state index contributed by atoms with van der Waals surface area (Å²) in [6.45, 7) is 8.09. The van der Waals surface area contributed by atoms with Gasteiger partial charge in [-0.05, 0) is 49.6 Å². The van der Waals surface area contributed by atoms with Gasteiger partial charge >= 0.3 is 0 Å². The van der Waals surface area contributed by atoms with Gasteiger partial charge in [0.15, 0.2) is 0 Å². The number of aromatic nitrogens is 4. The summed E-state index contributed by atoms with van der Waals surface area (Å²) in [5.41, 5.74) is 3.77. The molecular weight excluding hydrogens is 851 g/mol. The molecule has 19 heteroatoms. The molecule has 0 bridgehead atoms. The van der Waals surface area contributed by atoms with E-state index in [0.717, 1.165) is 85.7 Å². The van der Waals surface area contributed by atoms with Crippen LogP contribution < -0.4 is 15.0 Å². The third kappa shape index (κ3) is 11.0. The number of hydrogen-bond acceptors (Lipinski definition) is 15. The molecule has 8 rings (SSSR count). The second-order valence-electron chi connectivity index (χ2n) is 17.0. The number of rotatable bonds is 22. The fourth-order valence-electron chi connectivity index (χ4n) is 8.92. The first-order valence-corrected chi connectivity index (χ1v) is 23.0. The Hall–Kier alpha value is -5.86. The topological polar surface area (TPSA) is 200 Å². The average molecular weight is 910 g/mol. The lowest BCUT2D eigenvalue weighted by Crippen LogP contribution is -2.54. The highest BCUT2D eigenvalue weighted by atomic mass is 16.6. The van der Waals surface area contributed by atoms with E-state index in [4.69, 9.17) is 33.7 Å². The van der Waals surface area contributed by atoms with Gasteiger partial charge in [0.1, 0.15) is 35.6 Å². The molecule has 5 amide bonds. The van der Waals surface area contributed by atoms with Gasteiger partial charge in [-0.1, -0.05) is 18.9 Å². The maximum Gasteiger partial charge on any atom is 0.270 e. The highest BCUT2D eigenvalue weighted by Gasteiger charge is 2.46. The number of hydrogen-bond donors (Lipinski definition) is 1. The summed E-state index contributed by atoms with van der Waals surface area (Å²) in [5, 5.41) is 3.08. The Morgan fingerprint density at radius 1 is 0.788 bits per heavy atom. The van der Waals surface area contributed by atoms with Crippen LogP contribution in [0, 0.1) is 0 Å². The summed E-state index contributed by atoms with van der Waals surface area (Å²) in [7, 11) is 3.57. The number of carbonyl (C=O) groups is 5. The Morgan fingerprint density at radius 2 is 1.48 bits per heavy atom. The second-order valence-corrected chi connectivity index (χ2v) is 17.0. The molecule has 1 saturated carbocycles. The molecule has 2 saturated heterocycles. The molecule has 19 nitrogen and oxygen atoms in total. The lowest BCUT2D eigenvalue weighted by molar-refractivity contribution is -0.136. The number of carbonyl (C=O) groups excluding carboxylic acids is 5. The third-order valence-electron chi connectivity index (χ3n) is 12.4.